The van der Waals surface area contributed by atoms with Crippen molar-refractivity contribution in [2.75, 3.05) is 4.90 Å². The maximum Gasteiger partial charge on any atom is 0.238 e. The molecule has 1 aromatic rings. The van der Waals surface area contributed by atoms with E-state index in [2.05, 4.69) is 19.1 Å². The number of imide groups is 1. The topological polar surface area (TPSA) is 37.4 Å². The fraction of sp³-hybridized carbons (Fsp3) is 0.474. The van der Waals surface area contributed by atoms with Crippen molar-refractivity contribution in [1.29, 1.82) is 0 Å². The third-order valence-corrected chi connectivity index (χ3v) is 6.28. The summed E-state index contributed by atoms with van der Waals surface area (Å²) in [6.07, 6.45) is 6.49. The minimum absolute atomic E-state index is 0.0422. The molecule has 1 saturated heterocycles. The molecule has 6 atom stereocenters. The molecule has 1 heterocycles. The summed E-state index contributed by atoms with van der Waals surface area (Å²) in [4.78, 5) is 27.6. The molecule has 22 heavy (non-hydrogen) atoms. The lowest BCUT2D eigenvalue weighted by molar-refractivity contribution is -0.124. The molecular formula is C19H19NO2. The summed E-state index contributed by atoms with van der Waals surface area (Å²) in [5.41, 5.74) is 1.88. The van der Waals surface area contributed by atoms with Crippen LogP contribution in [0.25, 0.3) is 0 Å². The molecule has 0 spiro atoms. The lowest BCUT2D eigenvalue weighted by Crippen LogP contribution is -2.40. The van der Waals surface area contributed by atoms with Crippen LogP contribution in [-0.4, -0.2) is 11.8 Å². The number of anilines is 1. The van der Waals surface area contributed by atoms with E-state index in [0.717, 1.165) is 17.7 Å². The Morgan fingerprint density at radius 2 is 1.59 bits per heavy atom. The van der Waals surface area contributed by atoms with Gasteiger partial charge in [-0.3, -0.25) is 9.59 Å². The Hall–Kier alpha value is -1.90. The molecule has 2 saturated carbocycles. The molecule has 1 aliphatic heterocycles. The number of hydrogen-bond acceptors (Lipinski definition) is 2. The standard InChI is InChI=1S/C19H19NO2/c1-2-10-5-3-4-6-15(10)20-18(21)16-11-7-8-12(14-9-13(11)14)17(16)19(20)22/h3-8,11-14,16-17H,2,9H2,1H3. The Bertz CT molecular complexity index is 686. The van der Waals surface area contributed by atoms with E-state index in [4.69, 9.17) is 0 Å². The lowest BCUT2D eigenvalue weighted by atomic mass is 9.63. The second kappa shape index (κ2) is 4.09. The van der Waals surface area contributed by atoms with Crippen molar-refractivity contribution in [3.8, 4) is 0 Å². The van der Waals surface area contributed by atoms with Crippen molar-refractivity contribution in [2.45, 2.75) is 19.8 Å². The zero-order valence-electron chi connectivity index (χ0n) is 12.6. The van der Waals surface area contributed by atoms with Crippen molar-refractivity contribution in [2.24, 2.45) is 35.5 Å². The van der Waals surface area contributed by atoms with E-state index in [1.54, 1.807) is 0 Å². The van der Waals surface area contributed by atoms with Crippen molar-refractivity contribution in [3.05, 3.63) is 42.0 Å². The molecule has 3 fully saturated rings. The number of hydrogen-bond donors (Lipinski definition) is 0. The summed E-state index contributed by atoms with van der Waals surface area (Å²) < 4.78 is 0. The minimum atomic E-state index is -0.101. The van der Waals surface area contributed by atoms with Gasteiger partial charge in [-0.1, -0.05) is 37.3 Å². The number of carbonyl (C=O) groups is 2. The highest BCUT2D eigenvalue weighted by atomic mass is 16.2. The Morgan fingerprint density at radius 1 is 1.00 bits per heavy atom. The van der Waals surface area contributed by atoms with E-state index in [-0.39, 0.29) is 23.7 Å². The molecule has 112 valence electrons. The predicted octanol–water partition coefficient (Wildman–Crippen LogP) is 2.81. The number of amides is 2. The minimum Gasteiger partial charge on any atom is -0.274 e. The van der Waals surface area contributed by atoms with Crippen LogP contribution in [0.2, 0.25) is 0 Å². The number of carbonyl (C=O) groups excluding carboxylic acids is 2. The molecule has 3 nitrogen and oxygen atoms in total. The van der Waals surface area contributed by atoms with Crippen LogP contribution in [0.1, 0.15) is 18.9 Å². The molecule has 1 aromatic carbocycles. The highest BCUT2D eigenvalue weighted by molar-refractivity contribution is 6.23. The highest BCUT2D eigenvalue weighted by Gasteiger charge is 2.67. The quantitative estimate of drug-likeness (QED) is 0.621. The molecule has 6 unspecified atom stereocenters. The first kappa shape index (κ1) is 12.6. The molecule has 2 bridgehead atoms. The second-order valence-electron chi connectivity index (χ2n) is 7.15. The van der Waals surface area contributed by atoms with E-state index in [1.165, 1.54) is 11.3 Å². The number of para-hydroxylation sites is 1. The SMILES string of the molecule is CCc1ccccc1N1C(=O)C2C3C=CC(C4CC34)C2C1=O. The lowest BCUT2D eigenvalue weighted by Gasteiger charge is -2.37. The Morgan fingerprint density at radius 3 is 2.18 bits per heavy atom. The zero-order chi connectivity index (χ0) is 15.0. The van der Waals surface area contributed by atoms with Crippen molar-refractivity contribution in [1.82, 2.24) is 0 Å². The van der Waals surface area contributed by atoms with E-state index in [1.807, 2.05) is 24.3 Å². The van der Waals surface area contributed by atoms with Crippen LogP contribution in [0.4, 0.5) is 5.69 Å². The van der Waals surface area contributed by atoms with Gasteiger partial charge in [0.2, 0.25) is 11.8 Å². The number of rotatable bonds is 2. The van der Waals surface area contributed by atoms with Gasteiger partial charge in [0.15, 0.2) is 0 Å². The van der Waals surface area contributed by atoms with E-state index in [0.29, 0.717) is 23.7 Å². The Labute approximate surface area is 130 Å². The van der Waals surface area contributed by atoms with Crippen LogP contribution in [0.3, 0.4) is 0 Å². The molecule has 4 aliphatic carbocycles. The third-order valence-electron chi connectivity index (χ3n) is 6.28. The summed E-state index contributed by atoms with van der Waals surface area (Å²) in [6, 6.07) is 7.83. The van der Waals surface area contributed by atoms with Gasteiger partial charge in [0.25, 0.3) is 0 Å². The van der Waals surface area contributed by atoms with Gasteiger partial charge in [0.05, 0.1) is 17.5 Å². The average molecular weight is 293 g/mol. The average Bonchev–Trinajstić information content (AvgIpc) is 3.32. The van der Waals surface area contributed by atoms with Crippen LogP contribution in [-0.2, 0) is 16.0 Å². The summed E-state index contributed by atoms with van der Waals surface area (Å²) >= 11 is 0. The van der Waals surface area contributed by atoms with Crippen LogP contribution in [0.5, 0.6) is 0 Å². The molecular weight excluding hydrogens is 274 g/mol. The van der Waals surface area contributed by atoms with Crippen molar-refractivity contribution < 1.29 is 9.59 Å². The molecule has 3 heteroatoms. The second-order valence-corrected chi connectivity index (χ2v) is 7.15. The summed E-state index contributed by atoms with van der Waals surface area (Å²) in [6.45, 7) is 2.07. The highest BCUT2D eigenvalue weighted by Crippen LogP contribution is 2.65. The normalized spacial score (nSPS) is 40.9. The molecule has 0 N–H and O–H groups in total. The molecule has 0 aromatic heterocycles. The van der Waals surface area contributed by atoms with Gasteiger partial charge >= 0.3 is 0 Å². The maximum absolute atomic E-state index is 13.0. The first-order chi connectivity index (χ1) is 10.7. The molecule has 2 amide bonds. The van der Waals surface area contributed by atoms with E-state index >= 15 is 0 Å². The number of allylic oxidation sites excluding steroid dienone is 2. The number of aryl methyl sites for hydroxylation is 1. The van der Waals surface area contributed by atoms with E-state index < -0.39 is 0 Å². The number of benzene rings is 1. The van der Waals surface area contributed by atoms with Gasteiger partial charge in [0.1, 0.15) is 0 Å². The summed E-state index contributed by atoms with van der Waals surface area (Å²) in [5.74, 6) is 1.81. The molecule has 5 aliphatic rings. The van der Waals surface area contributed by atoms with Crippen LogP contribution in [0, 0.1) is 35.5 Å². The monoisotopic (exact) mass is 293 g/mol. The first-order valence-electron chi connectivity index (χ1n) is 8.36. The van der Waals surface area contributed by atoms with Crippen molar-refractivity contribution >= 4 is 17.5 Å². The summed E-state index contributed by atoms with van der Waals surface area (Å²) in [7, 11) is 0. The van der Waals surface area contributed by atoms with Crippen molar-refractivity contribution in [3.63, 3.8) is 0 Å². The third kappa shape index (κ3) is 1.37. The molecule has 0 radical (unpaired) electrons. The summed E-state index contributed by atoms with van der Waals surface area (Å²) in [5, 5.41) is 0. The fourth-order valence-corrected chi connectivity index (χ4v) is 5.22. The molecule has 6 rings (SSSR count). The van der Waals surface area contributed by atoms with Crippen LogP contribution < -0.4 is 4.90 Å². The first-order valence-corrected chi connectivity index (χ1v) is 8.36. The van der Waals surface area contributed by atoms with Gasteiger partial charge in [-0.2, -0.15) is 0 Å². The van der Waals surface area contributed by atoms with Gasteiger partial charge in [0, 0.05) is 0 Å². The van der Waals surface area contributed by atoms with Gasteiger partial charge < -0.3 is 0 Å². The predicted molar refractivity (Wildman–Crippen MR) is 83.0 cm³/mol. The van der Waals surface area contributed by atoms with Gasteiger partial charge in [-0.25, -0.2) is 4.90 Å². The maximum atomic E-state index is 13.0. The number of nitrogens with zero attached hydrogens (tertiary/aromatic N) is 1. The largest absolute Gasteiger partial charge is 0.274 e. The Kier molecular flexibility index (Phi) is 2.35. The Balaban J connectivity index is 1.60. The zero-order valence-corrected chi connectivity index (χ0v) is 12.6. The van der Waals surface area contributed by atoms with Gasteiger partial charge in [-0.05, 0) is 48.1 Å². The van der Waals surface area contributed by atoms with Crippen LogP contribution >= 0.6 is 0 Å². The fourth-order valence-electron chi connectivity index (χ4n) is 5.22. The smallest absolute Gasteiger partial charge is 0.238 e. The van der Waals surface area contributed by atoms with Crippen LogP contribution in [0.15, 0.2) is 36.4 Å². The van der Waals surface area contributed by atoms with Gasteiger partial charge in [-0.15, -0.1) is 0 Å². The van der Waals surface area contributed by atoms with E-state index in [9.17, 15) is 9.59 Å².